The van der Waals surface area contributed by atoms with Gasteiger partial charge in [-0.3, -0.25) is 9.89 Å². The van der Waals surface area contributed by atoms with Gasteiger partial charge in [0.15, 0.2) is 5.69 Å². The number of nitrogens with one attached hydrogen (secondary N) is 2. The summed E-state index contributed by atoms with van der Waals surface area (Å²) in [5.41, 5.74) is 4.25. The number of aryl methyl sites for hydroxylation is 1. The van der Waals surface area contributed by atoms with E-state index in [4.69, 9.17) is 11.6 Å². The second kappa shape index (κ2) is 6.76. The Morgan fingerprint density at radius 1 is 1.35 bits per heavy atom. The second-order valence-corrected chi connectivity index (χ2v) is 6.49. The predicted octanol–water partition coefficient (Wildman–Crippen LogP) is 3.86. The number of hydrazone groups is 1. The van der Waals surface area contributed by atoms with E-state index in [0.29, 0.717) is 5.02 Å². The first-order valence-corrected chi connectivity index (χ1v) is 8.03. The molecule has 0 spiro atoms. The van der Waals surface area contributed by atoms with Crippen molar-refractivity contribution in [3.05, 3.63) is 63.6 Å². The minimum atomic E-state index is -0.385. The Morgan fingerprint density at radius 3 is 2.91 bits per heavy atom. The summed E-state index contributed by atoms with van der Waals surface area (Å²) in [6.45, 7) is 2.03. The van der Waals surface area contributed by atoms with Crippen LogP contribution in [0.3, 0.4) is 0 Å². The van der Waals surface area contributed by atoms with E-state index >= 15 is 0 Å². The van der Waals surface area contributed by atoms with Gasteiger partial charge in [0.1, 0.15) is 0 Å². The molecule has 0 unspecified atom stereocenters. The van der Waals surface area contributed by atoms with Crippen LogP contribution in [0, 0.1) is 6.92 Å². The van der Waals surface area contributed by atoms with Crippen LogP contribution >= 0.6 is 22.9 Å². The van der Waals surface area contributed by atoms with Crippen LogP contribution in [0.5, 0.6) is 0 Å². The van der Waals surface area contributed by atoms with E-state index in [1.165, 1.54) is 11.1 Å². The Kier molecular flexibility index (Phi) is 4.55. The normalized spacial score (nSPS) is 11.0. The summed E-state index contributed by atoms with van der Waals surface area (Å²) < 4.78 is 0. The number of amides is 1. The van der Waals surface area contributed by atoms with Gasteiger partial charge >= 0.3 is 0 Å². The van der Waals surface area contributed by atoms with E-state index in [-0.39, 0.29) is 11.6 Å². The van der Waals surface area contributed by atoms with Crippen molar-refractivity contribution in [3.63, 3.8) is 0 Å². The van der Waals surface area contributed by atoms with Gasteiger partial charge in [0.05, 0.1) is 16.8 Å². The SMILES string of the molecule is Cc1ccc(-c2cc(C(=O)N/N=C\c3ccccc3Cl)n[nH]2)s1. The first kappa shape index (κ1) is 15.5. The van der Waals surface area contributed by atoms with Gasteiger partial charge in [-0.2, -0.15) is 10.2 Å². The third-order valence-corrected chi connectivity index (χ3v) is 4.47. The van der Waals surface area contributed by atoms with Crippen LogP contribution in [0.2, 0.25) is 5.02 Å². The number of rotatable bonds is 4. The number of carbonyl (C=O) groups excluding carboxylic acids is 1. The molecule has 0 saturated heterocycles. The van der Waals surface area contributed by atoms with E-state index in [0.717, 1.165) is 16.1 Å². The van der Waals surface area contributed by atoms with Crippen molar-refractivity contribution >= 4 is 35.1 Å². The Balaban J connectivity index is 1.67. The van der Waals surface area contributed by atoms with Crippen molar-refractivity contribution in [2.45, 2.75) is 6.92 Å². The van der Waals surface area contributed by atoms with Gasteiger partial charge in [0.2, 0.25) is 0 Å². The third-order valence-electron chi connectivity index (χ3n) is 3.09. The van der Waals surface area contributed by atoms with Crippen molar-refractivity contribution in [2.24, 2.45) is 5.10 Å². The number of hydrogen-bond acceptors (Lipinski definition) is 4. The maximum atomic E-state index is 12.0. The second-order valence-electron chi connectivity index (χ2n) is 4.80. The molecule has 23 heavy (non-hydrogen) atoms. The molecule has 2 heterocycles. The van der Waals surface area contributed by atoms with Crippen molar-refractivity contribution in [1.29, 1.82) is 0 Å². The highest BCUT2D eigenvalue weighted by Gasteiger charge is 2.11. The highest BCUT2D eigenvalue weighted by atomic mass is 35.5. The first-order chi connectivity index (χ1) is 11.1. The monoisotopic (exact) mass is 344 g/mol. The van der Waals surface area contributed by atoms with Gasteiger partial charge in [0.25, 0.3) is 5.91 Å². The number of halogens is 1. The largest absolute Gasteiger partial charge is 0.291 e. The molecule has 0 aliphatic heterocycles. The van der Waals surface area contributed by atoms with Crippen LogP contribution in [-0.2, 0) is 0 Å². The van der Waals surface area contributed by atoms with Crippen LogP contribution in [0.15, 0.2) is 47.6 Å². The van der Waals surface area contributed by atoms with E-state index in [1.54, 1.807) is 23.5 Å². The Bertz CT molecular complexity index is 868. The number of hydrogen-bond donors (Lipinski definition) is 2. The van der Waals surface area contributed by atoms with Crippen LogP contribution in [0.1, 0.15) is 20.9 Å². The molecule has 1 aromatic carbocycles. The standard InChI is InChI=1S/C16H13ClN4OS/c1-10-6-7-15(23-10)13-8-14(20-19-13)16(22)21-18-9-11-4-2-3-5-12(11)17/h2-9H,1H3,(H,19,20)(H,21,22)/b18-9-. The molecular weight excluding hydrogens is 332 g/mol. The van der Waals surface area contributed by atoms with Gasteiger partial charge in [-0.1, -0.05) is 29.8 Å². The molecule has 116 valence electrons. The number of nitrogens with zero attached hydrogens (tertiary/aromatic N) is 2. The fourth-order valence-corrected chi connectivity index (χ4v) is 2.96. The maximum absolute atomic E-state index is 12.0. The zero-order chi connectivity index (χ0) is 16.2. The van der Waals surface area contributed by atoms with Crippen molar-refractivity contribution in [1.82, 2.24) is 15.6 Å². The lowest BCUT2D eigenvalue weighted by Crippen LogP contribution is -2.18. The van der Waals surface area contributed by atoms with Gasteiger partial charge in [0, 0.05) is 15.5 Å². The quantitative estimate of drug-likeness (QED) is 0.557. The zero-order valence-electron chi connectivity index (χ0n) is 12.2. The molecule has 0 aliphatic rings. The fourth-order valence-electron chi connectivity index (χ4n) is 1.94. The average molecular weight is 345 g/mol. The van der Waals surface area contributed by atoms with E-state index in [1.807, 2.05) is 37.3 Å². The van der Waals surface area contributed by atoms with Crippen molar-refractivity contribution < 1.29 is 4.79 Å². The first-order valence-electron chi connectivity index (χ1n) is 6.83. The van der Waals surface area contributed by atoms with E-state index < -0.39 is 0 Å². The number of thiophene rings is 1. The van der Waals surface area contributed by atoms with E-state index in [9.17, 15) is 4.79 Å². The summed E-state index contributed by atoms with van der Waals surface area (Å²) >= 11 is 7.64. The lowest BCUT2D eigenvalue weighted by atomic mass is 10.2. The summed E-state index contributed by atoms with van der Waals surface area (Å²) in [5.74, 6) is -0.385. The van der Waals surface area contributed by atoms with Gasteiger partial charge < -0.3 is 0 Å². The van der Waals surface area contributed by atoms with E-state index in [2.05, 4.69) is 20.7 Å². The number of aromatic amines is 1. The molecule has 5 nitrogen and oxygen atoms in total. The fraction of sp³-hybridized carbons (Fsp3) is 0.0625. The zero-order valence-corrected chi connectivity index (χ0v) is 13.8. The summed E-state index contributed by atoms with van der Waals surface area (Å²) in [6, 6.07) is 13.0. The summed E-state index contributed by atoms with van der Waals surface area (Å²) in [6.07, 6.45) is 1.50. The Labute approximate surface area is 142 Å². The van der Waals surface area contributed by atoms with Crippen molar-refractivity contribution in [3.8, 4) is 10.6 Å². The molecule has 0 fully saturated rings. The number of benzene rings is 1. The predicted molar refractivity (Wildman–Crippen MR) is 93.1 cm³/mol. The summed E-state index contributed by atoms with van der Waals surface area (Å²) in [5, 5.41) is 11.3. The minimum Gasteiger partial charge on any atom is -0.276 e. The number of H-pyrrole nitrogens is 1. The van der Waals surface area contributed by atoms with Crippen LogP contribution in [0.25, 0.3) is 10.6 Å². The lowest BCUT2D eigenvalue weighted by molar-refractivity contribution is 0.0950. The molecule has 2 N–H and O–H groups in total. The average Bonchev–Trinajstić information content (AvgIpc) is 3.18. The van der Waals surface area contributed by atoms with Crippen LogP contribution in [-0.4, -0.2) is 22.3 Å². The maximum Gasteiger partial charge on any atom is 0.291 e. The summed E-state index contributed by atoms with van der Waals surface area (Å²) in [4.78, 5) is 14.3. The molecule has 0 saturated carbocycles. The smallest absolute Gasteiger partial charge is 0.276 e. The van der Waals surface area contributed by atoms with Crippen LogP contribution in [0.4, 0.5) is 0 Å². The molecule has 0 radical (unpaired) electrons. The van der Waals surface area contributed by atoms with Gasteiger partial charge in [-0.05, 0) is 31.2 Å². The van der Waals surface area contributed by atoms with Crippen molar-refractivity contribution in [2.75, 3.05) is 0 Å². The van der Waals surface area contributed by atoms with Gasteiger partial charge in [-0.25, -0.2) is 5.43 Å². The molecule has 0 bridgehead atoms. The van der Waals surface area contributed by atoms with Gasteiger partial charge in [-0.15, -0.1) is 11.3 Å². The molecule has 0 aliphatic carbocycles. The summed E-state index contributed by atoms with van der Waals surface area (Å²) in [7, 11) is 0. The molecular formula is C16H13ClN4OS. The Hall–Kier alpha value is -2.44. The highest BCUT2D eigenvalue weighted by molar-refractivity contribution is 7.15. The highest BCUT2D eigenvalue weighted by Crippen LogP contribution is 2.26. The molecule has 3 aromatic rings. The molecule has 2 aromatic heterocycles. The third kappa shape index (κ3) is 3.67. The molecule has 1 amide bonds. The number of carbonyl (C=O) groups is 1. The molecule has 0 atom stereocenters. The topological polar surface area (TPSA) is 70.1 Å². The molecule has 7 heteroatoms. The lowest BCUT2D eigenvalue weighted by Gasteiger charge is -1.97. The minimum absolute atomic E-state index is 0.280. The Morgan fingerprint density at radius 2 is 2.17 bits per heavy atom. The number of aromatic nitrogens is 2. The molecule has 3 rings (SSSR count). The van der Waals surface area contributed by atoms with Crippen LogP contribution < -0.4 is 5.43 Å².